The Morgan fingerprint density at radius 2 is 1.96 bits per heavy atom. The Morgan fingerprint density at radius 1 is 1.17 bits per heavy atom. The van der Waals surface area contributed by atoms with E-state index in [0.29, 0.717) is 32.2 Å². The Balaban J connectivity index is 1.45. The summed E-state index contributed by atoms with van der Waals surface area (Å²) in [5, 5.41) is 0. The highest BCUT2D eigenvalue weighted by Gasteiger charge is 2.25. The van der Waals surface area contributed by atoms with Gasteiger partial charge in [0, 0.05) is 32.4 Å². The van der Waals surface area contributed by atoms with Crippen molar-refractivity contribution in [2.45, 2.75) is 0 Å². The lowest BCUT2D eigenvalue weighted by molar-refractivity contribution is 0.0738. The highest BCUT2D eigenvalue weighted by molar-refractivity contribution is 5.92. The van der Waals surface area contributed by atoms with E-state index in [9.17, 15) is 9.59 Å². The molecule has 0 atom stereocenters. The van der Waals surface area contributed by atoms with Crippen molar-refractivity contribution < 1.29 is 9.21 Å². The normalized spacial score (nSPS) is 15.0. The standard InChI is InChI=1S/C16H15N5O3/c22-14-10-17-12(9-18-14)15(23)20-5-7-21(8-6-20)16-19-11-3-1-2-4-13(11)24-16/h1-4,9-10H,5-8H2,(H,18,22). The molecule has 0 spiro atoms. The molecular weight excluding hydrogens is 310 g/mol. The van der Waals surface area contributed by atoms with Gasteiger partial charge in [0.05, 0.1) is 6.20 Å². The summed E-state index contributed by atoms with van der Waals surface area (Å²) in [7, 11) is 0. The predicted octanol–water partition coefficient (Wildman–Crippen LogP) is 0.873. The second kappa shape index (κ2) is 5.80. The van der Waals surface area contributed by atoms with Crippen LogP contribution in [0, 0.1) is 0 Å². The summed E-state index contributed by atoms with van der Waals surface area (Å²) in [6.45, 7) is 2.33. The number of fused-ring (bicyclic) bond motifs is 1. The molecule has 24 heavy (non-hydrogen) atoms. The van der Waals surface area contributed by atoms with Crippen LogP contribution in [0.15, 0.2) is 45.9 Å². The average molecular weight is 325 g/mol. The SMILES string of the molecule is O=C(c1c[nH]c(=O)cn1)N1CCN(c2nc3ccccc3o2)CC1. The molecule has 0 aliphatic carbocycles. The van der Waals surface area contributed by atoms with Gasteiger partial charge in [0.15, 0.2) is 5.58 Å². The molecule has 0 radical (unpaired) electrons. The van der Waals surface area contributed by atoms with E-state index in [-0.39, 0.29) is 17.2 Å². The van der Waals surface area contributed by atoms with Crippen LogP contribution in [-0.2, 0) is 0 Å². The summed E-state index contributed by atoms with van der Waals surface area (Å²) in [6, 6.07) is 8.19. The monoisotopic (exact) mass is 325 g/mol. The van der Waals surface area contributed by atoms with Gasteiger partial charge in [-0.25, -0.2) is 4.98 Å². The van der Waals surface area contributed by atoms with Gasteiger partial charge in [0.2, 0.25) is 0 Å². The van der Waals surface area contributed by atoms with Crippen LogP contribution in [0.1, 0.15) is 10.5 Å². The van der Waals surface area contributed by atoms with Crippen LogP contribution >= 0.6 is 0 Å². The summed E-state index contributed by atoms with van der Waals surface area (Å²) in [5.41, 5.74) is 1.49. The zero-order valence-electron chi connectivity index (χ0n) is 12.8. The molecule has 0 unspecified atom stereocenters. The van der Waals surface area contributed by atoms with Gasteiger partial charge < -0.3 is 19.2 Å². The molecule has 2 aromatic heterocycles. The Labute approximate surface area is 136 Å². The van der Waals surface area contributed by atoms with Crippen molar-refractivity contribution in [3.8, 4) is 0 Å². The first kappa shape index (κ1) is 14.4. The number of nitrogens with one attached hydrogen (secondary N) is 1. The van der Waals surface area contributed by atoms with Crippen LogP contribution in [-0.4, -0.2) is 51.9 Å². The molecule has 1 N–H and O–H groups in total. The van der Waals surface area contributed by atoms with Crippen molar-refractivity contribution in [1.29, 1.82) is 0 Å². The molecule has 3 heterocycles. The van der Waals surface area contributed by atoms with Gasteiger partial charge in [-0.15, -0.1) is 0 Å². The number of carbonyl (C=O) groups is 1. The van der Waals surface area contributed by atoms with Crippen molar-refractivity contribution >= 4 is 23.0 Å². The van der Waals surface area contributed by atoms with Crippen molar-refractivity contribution in [2.24, 2.45) is 0 Å². The summed E-state index contributed by atoms with van der Waals surface area (Å²) in [5.74, 6) is -0.191. The summed E-state index contributed by atoms with van der Waals surface area (Å²) in [4.78, 5) is 38.0. The van der Waals surface area contributed by atoms with E-state index >= 15 is 0 Å². The number of piperazine rings is 1. The van der Waals surface area contributed by atoms with Crippen molar-refractivity contribution in [1.82, 2.24) is 19.9 Å². The highest BCUT2D eigenvalue weighted by Crippen LogP contribution is 2.22. The van der Waals surface area contributed by atoms with E-state index in [1.807, 2.05) is 29.2 Å². The molecule has 1 aliphatic heterocycles. The largest absolute Gasteiger partial charge is 0.423 e. The van der Waals surface area contributed by atoms with Crippen molar-refractivity contribution in [2.75, 3.05) is 31.1 Å². The minimum Gasteiger partial charge on any atom is -0.423 e. The highest BCUT2D eigenvalue weighted by atomic mass is 16.4. The van der Waals surface area contributed by atoms with Gasteiger partial charge in [0.25, 0.3) is 17.5 Å². The van der Waals surface area contributed by atoms with Gasteiger partial charge in [-0.05, 0) is 12.1 Å². The number of anilines is 1. The third-order valence-corrected chi connectivity index (χ3v) is 4.01. The fourth-order valence-corrected chi connectivity index (χ4v) is 2.72. The van der Waals surface area contributed by atoms with Crippen LogP contribution in [0.3, 0.4) is 0 Å². The van der Waals surface area contributed by atoms with E-state index in [1.165, 1.54) is 6.20 Å². The number of amides is 1. The average Bonchev–Trinajstić information content (AvgIpc) is 3.06. The Bertz CT molecular complexity index is 887. The lowest BCUT2D eigenvalue weighted by Crippen LogP contribution is -2.49. The molecule has 1 amide bonds. The smallest absolute Gasteiger partial charge is 0.298 e. The first-order chi connectivity index (χ1) is 11.7. The van der Waals surface area contributed by atoms with Crippen LogP contribution in [0.2, 0.25) is 0 Å². The van der Waals surface area contributed by atoms with E-state index in [1.54, 1.807) is 4.90 Å². The third-order valence-electron chi connectivity index (χ3n) is 4.01. The molecule has 0 saturated carbocycles. The minimum absolute atomic E-state index is 0.191. The number of carbonyl (C=O) groups excluding carboxylic acids is 1. The quantitative estimate of drug-likeness (QED) is 0.751. The molecule has 3 aromatic rings. The number of hydrogen-bond acceptors (Lipinski definition) is 6. The second-order valence-electron chi connectivity index (χ2n) is 5.54. The maximum atomic E-state index is 12.4. The van der Waals surface area contributed by atoms with Gasteiger partial charge >= 0.3 is 0 Å². The molecule has 8 nitrogen and oxygen atoms in total. The molecule has 1 saturated heterocycles. The van der Waals surface area contributed by atoms with Gasteiger partial charge in [-0.2, -0.15) is 4.98 Å². The molecule has 0 bridgehead atoms. The number of nitrogens with zero attached hydrogens (tertiary/aromatic N) is 4. The number of rotatable bonds is 2. The number of para-hydroxylation sites is 2. The number of aromatic nitrogens is 3. The first-order valence-corrected chi connectivity index (χ1v) is 7.65. The number of H-pyrrole nitrogens is 1. The lowest BCUT2D eigenvalue weighted by Gasteiger charge is -2.33. The molecule has 122 valence electrons. The maximum Gasteiger partial charge on any atom is 0.298 e. The number of oxazole rings is 1. The number of hydrogen-bond donors (Lipinski definition) is 1. The van der Waals surface area contributed by atoms with E-state index < -0.39 is 0 Å². The Kier molecular flexibility index (Phi) is 3.49. The van der Waals surface area contributed by atoms with E-state index in [0.717, 1.165) is 17.3 Å². The van der Waals surface area contributed by atoms with Crippen LogP contribution in [0.5, 0.6) is 0 Å². The molecule has 1 aromatic carbocycles. The number of aromatic amines is 1. The Hall–Kier alpha value is -3.16. The van der Waals surface area contributed by atoms with Crippen molar-refractivity contribution in [3.05, 3.63) is 52.7 Å². The van der Waals surface area contributed by atoms with Gasteiger partial charge in [-0.1, -0.05) is 12.1 Å². The third kappa shape index (κ3) is 2.62. The van der Waals surface area contributed by atoms with Crippen LogP contribution in [0.25, 0.3) is 11.1 Å². The van der Waals surface area contributed by atoms with Crippen molar-refractivity contribution in [3.63, 3.8) is 0 Å². The summed E-state index contributed by atoms with van der Waals surface area (Å²) >= 11 is 0. The molecule has 8 heteroatoms. The Morgan fingerprint density at radius 3 is 2.67 bits per heavy atom. The predicted molar refractivity (Wildman–Crippen MR) is 87.0 cm³/mol. The van der Waals surface area contributed by atoms with E-state index in [4.69, 9.17) is 4.42 Å². The zero-order valence-corrected chi connectivity index (χ0v) is 12.8. The molecule has 1 fully saturated rings. The van der Waals surface area contributed by atoms with E-state index in [2.05, 4.69) is 15.0 Å². The van der Waals surface area contributed by atoms with Gasteiger partial charge in [-0.3, -0.25) is 9.59 Å². The zero-order chi connectivity index (χ0) is 16.5. The topological polar surface area (TPSA) is 95.3 Å². The molecular formula is C16H15N5O3. The minimum atomic E-state index is -0.327. The summed E-state index contributed by atoms with van der Waals surface area (Å²) < 4.78 is 5.76. The maximum absolute atomic E-state index is 12.4. The fourth-order valence-electron chi connectivity index (χ4n) is 2.72. The lowest BCUT2D eigenvalue weighted by atomic mass is 10.3. The van der Waals surface area contributed by atoms with Crippen LogP contribution in [0.4, 0.5) is 6.01 Å². The fraction of sp³-hybridized carbons (Fsp3) is 0.250. The molecule has 4 rings (SSSR count). The molecule has 1 aliphatic rings. The number of benzene rings is 1. The van der Waals surface area contributed by atoms with Crippen LogP contribution < -0.4 is 10.5 Å². The van der Waals surface area contributed by atoms with Gasteiger partial charge in [0.1, 0.15) is 11.2 Å². The first-order valence-electron chi connectivity index (χ1n) is 7.65. The second-order valence-corrected chi connectivity index (χ2v) is 5.54. The summed E-state index contributed by atoms with van der Waals surface area (Å²) in [6.07, 6.45) is 2.46.